The van der Waals surface area contributed by atoms with Crippen LogP contribution in [0.2, 0.25) is 0 Å². The summed E-state index contributed by atoms with van der Waals surface area (Å²) in [6, 6.07) is 0. The van der Waals surface area contributed by atoms with Crippen LogP contribution in [0.1, 0.15) is 11.1 Å². The first-order valence-corrected chi connectivity index (χ1v) is 3.84. The van der Waals surface area contributed by atoms with Crippen LogP contribution in [0, 0.1) is 13.8 Å². The zero-order chi connectivity index (χ0) is 10.2. The van der Waals surface area contributed by atoms with Gasteiger partial charge in [0.2, 0.25) is 7.31 Å². The molecule has 1 heterocycles. The fourth-order valence-electron chi connectivity index (χ4n) is 1.14. The van der Waals surface area contributed by atoms with E-state index in [0.29, 0.717) is 11.1 Å². The molecular weight excluding hydrogens is 166 g/mol. The van der Waals surface area contributed by atoms with Gasteiger partial charge < -0.3 is 4.59 Å². The van der Waals surface area contributed by atoms with Crippen molar-refractivity contribution in [2.45, 2.75) is 13.8 Å². The van der Waals surface area contributed by atoms with Crippen LogP contribution in [0.3, 0.4) is 0 Å². The Morgan fingerprint density at radius 2 is 1.62 bits per heavy atom. The van der Waals surface area contributed by atoms with Gasteiger partial charge in [0.25, 0.3) is 11.1 Å². The fourth-order valence-corrected chi connectivity index (χ4v) is 1.14. The quantitative estimate of drug-likeness (QED) is 0.498. The Hall–Kier alpha value is -1.19. The molecule has 3 radical (unpaired) electrons. The van der Waals surface area contributed by atoms with E-state index in [0.717, 1.165) is 11.9 Å². The summed E-state index contributed by atoms with van der Waals surface area (Å²) in [5, 5.41) is 0. The van der Waals surface area contributed by atoms with E-state index in [2.05, 4.69) is 0 Å². The Bertz CT molecular complexity index is 447. The molecule has 6 heteroatoms. The molecule has 0 N–H and O–H groups in total. The molecule has 0 aliphatic heterocycles. The maximum Gasteiger partial charge on any atom is 0.267 e. The second-order valence-electron chi connectivity index (χ2n) is 2.88. The first kappa shape index (κ1) is 9.89. The number of aromatic nitrogens is 2. The van der Waals surface area contributed by atoms with Crippen molar-refractivity contribution in [1.29, 1.82) is 0 Å². The van der Waals surface area contributed by atoms with E-state index in [1.54, 1.807) is 13.8 Å². The Morgan fingerprint density at radius 1 is 1.15 bits per heavy atom. The first-order chi connectivity index (χ1) is 6.00. The molecule has 0 bridgehead atoms. The standard InChI is InChI=1S/C7H9B2N2O2/c1-4-5(2)7(13)11(9-8)10(3)6(4)12/h1-3H3. The molecule has 1 rings (SSSR count). The van der Waals surface area contributed by atoms with Crippen molar-refractivity contribution in [3.8, 4) is 0 Å². The van der Waals surface area contributed by atoms with Crippen LogP contribution in [0.25, 0.3) is 0 Å². The lowest BCUT2D eigenvalue weighted by molar-refractivity contribution is 0.629. The topological polar surface area (TPSA) is 44.0 Å². The molecule has 1 aromatic rings. The molecule has 0 saturated carbocycles. The highest BCUT2D eigenvalue weighted by Gasteiger charge is 2.08. The van der Waals surface area contributed by atoms with Crippen molar-refractivity contribution in [2.24, 2.45) is 7.05 Å². The van der Waals surface area contributed by atoms with Crippen molar-refractivity contribution < 1.29 is 0 Å². The van der Waals surface area contributed by atoms with Gasteiger partial charge in [0, 0.05) is 25.9 Å². The zero-order valence-electron chi connectivity index (χ0n) is 7.87. The summed E-state index contributed by atoms with van der Waals surface area (Å²) >= 11 is 0. The molecule has 13 heavy (non-hydrogen) atoms. The molecular formula is C7H9B2N2O2. The number of hydrogen-bond acceptors (Lipinski definition) is 2. The van der Waals surface area contributed by atoms with Gasteiger partial charge in [-0.05, 0) is 13.8 Å². The number of hydrogen-bond donors (Lipinski definition) is 0. The zero-order valence-corrected chi connectivity index (χ0v) is 7.87. The van der Waals surface area contributed by atoms with Crippen molar-refractivity contribution >= 4 is 15.0 Å². The average Bonchev–Trinajstić information content (AvgIpc) is 2.13. The molecule has 0 aromatic carbocycles. The molecule has 0 aliphatic rings. The van der Waals surface area contributed by atoms with Crippen LogP contribution in [0.5, 0.6) is 0 Å². The maximum absolute atomic E-state index is 11.5. The lowest BCUT2D eigenvalue weighted by Crippen LogP contribution is -2.42. The third-order valence-electron chi connectivity index (χ3n) is 2.17. The van der Waals surface area contributed by atoms with E-state index in [-0.39, 0.29) is 11.1 Å². The van der Waals surface area contributed by atoms with Crippen molar-refractivity contribution in [1.82, 2.24) is 9.27 Å². The molecule has 1 aromatic heterocycles. The van der Waals surface area contributed by atoms with Crippen molar-refractivity contribution in [2.75, 3.05) is 0 Å². The Kier molecular flexibility index (Phi) is 2.50. The van der Waals surface area contributed by atoms with Crippen molar-refractivity contribution in [3.05, 3.63) is 31.8 Å². The number of rotatable bonds is 1. The van der Waals surface area contributed by atoms with E-state index in [1.165, 1.54) is 11.7 Å². The predicted octanol–water partition coefficient (Wildman–Crippen LogP) is -1.29. The van der Waals surface area contributed by atoms with Crippen LogP contribution in [-0.4, -0.2) is 24.3 Å². The molecule has 65 valence electrons. The Morgan fingerprint density at radius 3 is 2.08 bits per heavy atom. The van der Waals surface area contributed by atoms with Gasteiger partial charge in [-0.15, -0.1) is 0 Å². The van der Waals surface area contributed by atoms with E-state index in [4.69, 9.17) is 7.74 Å². The SMILES string of the molecule is [B][B]n1c(=O)c(C)c(C)c(=O)n1C. The van der Waals surface area contributed by atoms with E-state index in [1.807, 2.05) is 0 Å². The second kappa shape index (κ2) is 3.28. The minimum atomic E-state index is -0.262. The number of nitrogens with zero attached hydrogens (tertiary/aromatic N) is 2. The predicted molar refractivity (Wildman–Crippen MR) is 52.3 cm³/mol. The smallest absolute Gasteiger partial charge is 0.267 e. The Balaban J connectivity index is 3.78. The van der Waals surface area contributed by atoms with Crippen LogP contribution in [0.4, 0.5) is 0 Å². The third kappa shape index (κ3) is 1.36. The first-order valence-electron chi connectivity index (χ1n) is 3.84. The van der Waals surface area contributed by atoms with Gasteiger partial charge in [-0.25, -0.2) is 0 Å². The third-order valence-corrected chi connectivity index (χ3v) is 2.17. The summed E-state index contributed by atoms with van der Waals surface area (Å²) in [7, 11) is 7.80. The molecule has 0 spiro atoms. The van der Waals surface area contributed by atoms with Gasteiger partial charge in [-0.3, -0.25) is 14.3 Å². The van der Waals surface area contributed by atoms with Gasteiger partial charge in [-0.2, -0.15) is 0 Å². The summed E-state index contributed by atoms with van der Waals surface area (Å²) in [5.41, 5.74) is 0.427. The van der Waals surface area contributed by atoms with Gasteiger partial charge >= 0.3 is 0 Å². The van der Waals surface area contributed by atoms with Gasteiger partial charge in [0.1, 0.15) is 0 Å². The monoisotopic (exact) mass is 175 g/mol. The normalized spacial score (nSPS) is 10.1. The van der Waals surface area contributed by atoms with Crippen LogP contribution in [0.15, 0.2) is 9.59 Å². The van der Waals surface area contributed by atoms with E-state index < -0.39 is 0 Å². The van der Waals surface area contributed by atoms with Gasteiger partial charge in [0.05, 0.1) is 0 Å². The Labute approximate surface area is 77.8 Å². The minimum absolute atomic E-state index is 0.209. The summed E-state index contributed by atoms with van der Waals surface area (Å²) in [6.45, 7) is 3.24. The lowest BCUT2D eigenvalue weighted by atomic mass is 9.67. The molecule has 0 unspecified atom stereocenters. The molecule has 4 nitrogen and oxygen atoms in total. The minimum Gasteiger partial charge on any atom is -0.313 e. The van der Waals surface area contributed by atoms with Gasteiger partial charge in [0.15, 0.2) is 0 Å². The lowest BCUT2D eigenvalue weighted by Gasteiger charge is -2.11. The molecule has 0 atom stereocenters. The van der Waals surface area contributed by atoms with Crippen LogP contribution < -0.4 is 11.1 Å². The van der Waals surface area contributed by atoms with Gasteiger partial charge in [-0.1, -0.05) is 0 Å². The average molecular weight is 175 g/mol. The summed E-state index contributed by atoms with van der Waals surface area (Å²) in [6.07, 6.45) is 0. The molecule has 0 amide bonds. The molecule has 0 fully saturated rings. The van der Waals surface area contributed by atoms with E-state index >= 15 is 0 Å². The maximum atomic E-state index is 11.5. The highest BCUT2D eigenvalue weighted by atomic mass is 16.2. The fraction of sp³-hybridized carbons (Fsp3) is 0.429. The summed E-state index contributed by atoms with van der Waals surface area (Å²) < 4.78 is 2.27. The molecule has 0 aliphatic carbocycles. The summed E-state index contributed by atoms with van der Waals surface area (Å²) in [4.78, 5) is 22.9. The van der Waals surface area contributed by atoms with Crippen LogP contribution >= 0.6 is 0 Å². The van der Waals surface area contributed by atoms with E-state index in [9.17, 15) is 9.59 Å². The second-order valence-corrected chi connectivity index (χ2v) is 2.88. The molecule has 0 saturated heterocycles. The van der Waals surface area contributed by atoms with Crippen molar-refractivity contribution in [3.63, 3.8) is 0 Å². The highest BCUT2D eigenvalue weighted by molar-refractivity contribution is 6.88. The largest absolute Gasteiger partial charge is 0.313 e. The van der Waals surface area contributed by atoms with Crippen LogP contribution in [-0.2, 0) is 7.05 Å². The highest BCUT2D eigenvalue weighted by Crippen LogP contribution is 1.91. The summed E-state index contributed by atoms with van der Waals surface area (Å²) in [5.74, 6) is 0.